The first-order chi connectivity index (χ1) is 12.9. The van der Waals surface area contributed by atoms with Gasteiger partial charge in [-0.05, 0) is 62.8 Å². The van der Waals surface area contributed by atoms with Gasteiger partial charge in [-0.2, -0.15) is 0 Å². The minimum atomic E-state index is -0.343. The van der Waals surface area contributed by atoms with Gasteiger partial charge in [0.05, 0.1) is 17.4 Å². The van der Waals surface area contributed by atoms with Crippen LogP contribution in [0.25, 0.3) is 0 Å². The lowest BCUT2D eigenvalue weighted by Crippen LogP contribution is -2.34. The van der Waals surface area contributed by atoms with E-state index in [1.807, 2.05) is 51.1 Å². The number of anilines is 1. The number of rotatable bonds is 7. The zero-order valence-electron chi connectivity index (χ0n) is 15.7. The van der Waals surface area contributed by atoms with Crippen molar-refractivity contribution in [1.82, 2.24) is 5.32 Å². The fourth-order valence-corrected chi connectivity index (χ4v) is 2.43. The average Bonchev–Trinajstić information content (AvgIpc) is 2.60. The maximum atomic E-state index is 12.6. The van der Waals surface area contributed by atoms with Crippen molar-refractivity contribution in [1.29, 1.82) is 0 Å². The number of thiocarbonyl (C=S) groups is 1. The number of para-hydroxylation sites is 3. The van der Waals surface area contributed by atoms with Gasteiger partial charge in [0.15, 0.2) is 5.11 Å². The number of carbonyl (C=O) groups excluding carboxylic acids is 1. The Balaban J connectivity index is 2.06. The number of hydrogen-bond acceptors (Lipinski definition) is 4. The van der Waals surface area contributed by atoms with Crippen LogP contribution in [-0.4, -0.2) is 23.7 Å². The predicted octanol–water partition coefficient (Wildman–Crippen LogP) is 4.56. The van der Waals surface area contributed by atoms with Crippen LogP contribution in [0.1, 0.15) is 31.1 Å². The van der Waals surface area contributed by atoms with Gasteiger partial charge in [0.2, 0.25) is 0 Å². The van der Waals surface area contributed by atoms with Crippen molar-refractivity contribution in [3.63, 3.8) is 0 Å². The molecule has 1 amide bonds. The second-order valence-electron chi connectivity index (χ2n) is 6.31. The quantitative estimate of drug-likeness (QED) is 0.541. The maximum absolute atomic E-state index is 12.6. The molecule has 0 heterocycles. The lowest BCUT2D eigenvalue weighted by molar-refractivity contribution is 0.0972. The van der Waals surface area contributed by atoms with E-state index in [0.717, 1.165) is 5.57 Å². The van der Waals surface area contributed by atoms with Gasteiger partial charge in [-0.25, -0.2) is 0 Å². The first-order valence-electron chi connectivity index (χ1n) is 8.61. The Morgan fingerprint density at radius 2 is 1.74 bits per heavy atom. The maximum Gasteiger partial charge on any atom is 0.261 e. The van der Waals surface area contributed by atoms with E-state index in [1.54, 1.807) is 18.2 Å². The minimum absolute atomic E-state index is 0.0404. The third-order valence-electron chi connectivity index (χ3n) is 3.33. The molecule has 0 saturated carbocycles. The van der Waals surface area contributed by atoms with E-state index >= 15 is 0 Å². The molecule has 0 aromatic heterocycles. The number of carbonyl (C=O) groups is 1. The standard InChI is InChI=1S/C21H24N2O3S/c1-14(2)13-25-19-12-8-6-10-17(19)22-21(27)23-20(24)16-9-5-7-11-18(16)26-15(3)4/h5-12,15H,1,13H2,2-4H3,(H2,22,23,24,27). The molecule has 0 spiro atoms. The van der Waals surface area contributed by atoms with E-state index in [0.29, 0.717) is 29.4 Å². The minimum Gasteiger partial charge on any atom is -0.490 e. The second kappa shape index (κ2) is 9.73. The molecular weight excluding hydrogens is 360 g/mol. The molecule has 2 aromatic carbocycles. The fraction of sp³-hybridized carbons (Fsp3) is 0.238. The average molecular weight is 385 g/mol. The summed E-state index contributed by atoms with van der Waals surface area (Å²) in [4.78, 5) is 12.6. The van der Waals surface area contributed by atoms with Crippen molar-refractivity contribution >= 4 is 28.9 Å². The van der Waals surface area contributed by atoms with Gasteiger partial charge >= 0.3 is 0 Å². The van der Waals surface area contributed by atoms with Crippen LogP contribution in [0.3, 0.4) is 0 Å². The van der Waals surface area contributed by atoms with Gasteiger partial charge in [0, 0.05) is 0 Å². The number of nitrogens with one attached hydrogen (secondary N) is 2. The molecule has 0 aliphatic heterocycles. The molecule has 5 nitrogen and oxygen atoms in total. The number of benzene rings is 2. The largest absolute Gasteiger partial charge is 0.490 e. The third-order valence-corrected chi connectivity index (χ3v) is 3.53. The Morgan fingerprint density at radius 1 is 1.11 bits per heavy atom. The zero-order valence-corrected chi connectivity index (χ0v) is 16.6. The summed E-state index contributed by atoms with van der Waals surface area (Å²) in [5.74, 6) is 0.794. The summed E-state index contributed by atoms with van der Waals surface area (Å²) in [5, 5.41) is 5.85. The molecule has 0 saturated heterocycles. The van der Waals surface area contributed by atoms with Crippen LogP contribution < -0.4 is 20.1 Å². The Hall–Kier alpha value is -2.86. The van der Waals surface area contributed by atoms with Crippen LogP contribution in [0.5, 0.6) is 11.5 Å². The van der Waals surface area contributed by atoms with Crippen molar-refractivity contribution in [3.8, 4) is 11.5 Å². The van der Waals surface area contributed by atoms with Crippen LogP contribution in [-0.2, 0) is 0 Å². The van der Waals surface area contributed by atoms with Crippen molar-refractivity contribution in [2.75, 3.05) is 11.9 Å². The molecule has 0 aliphatic carbocycles. The van der Waals surface area contributed by atoms with Crippen LogP contribution in [0.4, 0.5) is 5.69 Å². The normalized spacial score (nSPS) is 10.2. The van der Waals surface area contributed by atoms with Crippen molar-refractivity contribution in [3.05, 3.63) is 66.2 Å². The summed E-state index contributed by atoms with van der Waals surface area (Å²) in [6, 6.07) is 14.4. The molecule has 6 heteroatoms. The summed E-state index contributed by atoms with van der Waals surface area (Å²) < 4.78 is 11.4. The van der Waals surface area contributed by atoms with Crippen LogP contribution in [0, 0.1) is 0 Å². The highest BCUT2D eigenvalue weighted by atomic mass is 32.1. The van der Waals surface area contributed by atoms with Gasteiger partial charge in [-0.15, -0.1) is 0 Å². The molecule has 0 unspecified atom stereocenters. The van der Waals surface area contributed by atoms with E-state index < -0.39 is 0 Å². The molecule has 27 heavy (non-hydrogen) atoms. The molecule has 0 fully saturated rings. The lowest BCUT2D eigenvalue weighted by atomic mass is 10.2. The molecule has 2 rings (SSSR count). The van der Waals surface area contributed by atoms with Gasteiger partial charge in [-0.3, -0.25) is 10.1 Å². The summed E-state index contributed by atoms with van der Waals surface area (Å²) in [7, 11) is 0. The first kappa shape index (κ1) is 20.5. The SMILES string of the molecule is C=C(C)COc1ccccc1NC(=S)NC(=O)c1ccccc1OC(C)C. The Kier molecular flexibility index (Phi) is 7.37. The monoisotopic (exact) mass is 384 g/mol. The summed E-state index contributed by atoms with van der Waals surface area (Å²) in [5.41, 5.74) is 1.99. The van der Waals surface area contributed by atoms with Crippen molar-refractivity contribution in [2.45, 2.75) is 26.9 Å². The van der Waals surface area contributed by atoms with E-state index in [-0.39, 0.29) is 17.1 Å². The van der Waals surface area contributed by atoms with Crippen molar-refractivity contribution < 1.29 is 14.3 Å². The molecule has 2 N–H and O–H groups in total. The summed E-state index contributed by atoms with van der Waals surface area (Å²) in [6.07, 6.45) is -0.0404. The summed E-state index contributed by atoms with van der Waals surface area (Å²) >= 11 is 5.28. The van der Waals surface area contributed by atoms with Crippen LogP contribution in [0.2, 0.25) is 0 Å². The van der Waals surface area contributed by atoms with Crippen LogP contribution in [0.15, 0.2) is 60.7 Å². The van der Waals surface area contributed by atoms with Gasteiger partial charge in [-0.1, -0.05) is 30.8 Å². The van der Waals surface area contributed by atoms with Crippen molar-refractivity contribution in [2.24, 2.45) is 0 Å². The number of ether oxygens (including phenoxy) is 2. The highest BCUT2D eigenvalue weighted by Gasteiger charge is 2.15. The number of amides is 1. The topological polar surface area (TPSA) is 59.6 Å². The lowest BCUT2D eigenvalue weighted by Gasteiger charge is -2.16. The van der Waals surface area contributed by atoms with Gasteiger partial charge < -0.3 is 14.8 Å². The Bertz CT molecular complexity index is 834. The highest BCUT2D eigenvalue weighted by molar-refractivity contribution is 7.80. The van der Waals surface area contributed by atoms with E-state index in [4.69, 9.17) is 21.7 Å². The number of hydrogen-bond donors (Lipinski definition) is 2. The third kappa shape index (κ3) is 6.42. The Morgan fingerprint density at radius 3 is 2.41 bits per heavy atom. The Labute approximate surface area is 165 Å². The molecule has 0 atom stereocenters. The predicted molar refractivity (Wildman–Crippen MR) is 113 cm³/mol. The smallest absolute Gasteiger partial charge is 0.261 e. The van der Waals surface area contributed by atoms with Gasteiger partial charge in [0.25, 0.3) is 5.91 Å². The van der Waals surface area contributed by atoms with E-state index in [2.05, 4.69) is 17.2 Å². The summed E-state index contributed by atoms with van der Waals surface area (Å²) in [6.45, 7) is 9.92. The van der Waals surface area contributed by atoms with E-state index in [9.17, 15) is 4.79 Å². The molecule has 0 aliphatic rings. The fourth-order valence-electron chi connectivity index (χ4n) is 2.23. The zero-order chi connectivity index (χ0) is 19.8. The highest BCUT2D eigenvalue weighted by Crippen LogP contribution is 2.24. The van der Waals surface area contributed by atoms with Crippen LogP contribution >= 0.6 is 12.2 Å². The molecular formula is C21H24N2O3S. The molecule has 2 aromatic rings. The van der Waals surface area contributed by atoms with Gasteiger partial charge in [0.1, 0.15) is 18.1 Å². The first-order valence-corrected chi connectivity index (χ1v) is 9.02. The molecule has 0 bridgehead atoms. The molecule has 142 valence electrons. The van der Waals surface area contributed by atoms with E-state index in [1.165, 1.54) is 0 Å². The second-order valence-corrected chi connectivity index (χ2v) is 6.72. The molecule has 0 radical (unpaired) electrons.